The van der Waals surface area contributed by atoms with Crippen molar-refractivity contribution in [2.45, 2.75) is 39.3 Å². The SMILES string of the molecule is C=CCOc1c(Br)cc(/C=N\NC(=O)[C@@H](CC(C)C)NC(=O)[C@@H](C)Oc2ccc(Cl)cc2Cl)cc1OC. The van der Waals surface area contributed by atoms with Gasteiger partial charge in [-0.3, -0.25) is 9.59 Å². The molecule has 2 amide bonds. The molecule has 2 N–H and O–H groups in total. The van der Waals surface area contributed by atoms with Gasteiger partial charge in [0.2, 0.25) is 0 Å². The molecule has 37 heavy (non-hydrogen) atoms. The summed E-state index contributed by atoms with van der Waals surface area (Å²) in [6.07, 6.45) is 2.58. The van der Waals surface area contributed by atoms with Gasteiger partial charge in [0.25, 0.3) is 11.8 Å². The zero-order valence-electron chi connectivity index (χ0n) is 21.0. The van der Waals surface area contributed by atoms with E-state index in [-0.39, 0.29) is 10.9 Å². The van der Waals surface area contributed by atoms with Gasteiger partial charge in [-0.15, -0.1) is 0 Å². The molecular formula is C26H30BrCl2N3O5. The quantitative estimate of drug-likeness (QED) is 0.169. The summed E-state index contributed by atoms with van der Waals surface area (Å²) < 4.78 is 17.3. The largest absolute Gasteiger partial charge is 0.493 e. The monoisotopic (exact) mass is 613 g/mol. The number of nitrogens with zero attached hydrogens (tertiary/aromatic N) is 1. The Hall–Kier alpha value is -2.75. The number of nitrogens with one attached hydrogen (secondary N) is 2. The third-order valence-electron chi connectivity index (χ3n) is 4.89. The summed E-state index contributed by atoms with van der Waals surface area (Å²) in [5, 5.41) is 7.51. The molecule has 2 aromatic carbocycles. The zero-order valence-corrected chi connectivity index (χ0v) is 24.1. The topological polar surface area (TPSA) is 98.2 Å². The molecule has 0 heterocycles. The highest BCUT2D eigenvalue weighted by Gasteiger charge is 2.25. The molecule has 0 saturated heterocycles. The first-order valence-electron chi connectivity index (χ1n) is 11.4. The van der Waals surface area contributed by atoms with Gasteiger partial charge in [-0.1, -0.05) is 49.7 Å². The summed E-state index contributed by atoms with van der Waals surface area (Å²) in [6.45, 7) is 9.41. The van der Waals surface area contributed by atoms with Crippen LogP contribution < -0.4 is 25.0 Å². The Bertz CT molecular complexity index is 1140. The number of carbonyl (C=O) groups is 2. The molecule has 0 saturated carbocycles. The van der Waals surface area contributed by atoms with Crippen molar-refractivity contribution in [1.29, 1.82) is 0 Å². The van der Waals surface area contributed by atoms with Crippen LogP contribution in [0.1, 0.15) is 32.8 Å². The van der Waals surface area contributed by atoms with Crippen molar-refractivity contribution < 1.29 is 23.8 Å². The predicted octanol–water partition coefficient (Wildman–Crippen LogP) is 5.78. The van der Waals surface area contributed by atoms with Crippen LogP contribution in [0, 0.1) is 5.92 Å². The highest BCUT2D eigenvalue weighted by Crippen LogP contribution is 2.36. The summed E-state index contributed by atoms with van der Waals surface area (Å²) in [5.41, 5.74) is 3.14. The molecule has 0 unspecified atom stereocenters. The molecule has 0 aliphatic carbocycles. The van der Waals surface area contributed by atoms with Gasteiger partial charge in [0.1, 0.15) is 18.4 Å². The van der Waals surface area contributed by atoms with Crippen LogP contribution in [0.5, 0.6) is 17.2 Å². The Morgan fingerprint density at radius 3 is 2.49 bits per heavy atom. The van der Waals surface area contributed by atoms with E-state index >= 15 is 0 Å². The second-order valence-electron chi connectivity index (χ2n) is 8.39. The Balaban J connectivity index is 2.07. The molecule has 0 radical (unpaired) electrons. The molecule has 200 valence electrons. The lowest BCUT2D eigenvalue weighted by molar-refractivity contribution is -0.132. The van der Waals surface area contributed by atoms with Gasteiger partial charge in [0, 0.05) is 5.02 Å². The third-order valence-corrected chi connectivity index (χ3v) is 6.01. The Kier molecular flexibility index (Phi) is 12.2. The van der Waals surface area contributed by atoms with E-state index in [1.807, 2.05) is 13.8 Å². The maximum atomic E-state index is 12.9. The summed E-state index contributed by atoms with van der Waals surface area (Å²) in [4.78, 5) is 25.6. The number of amides is 2. The van der Waals surface area contributed by atoms with E-state index in [0.29, 0.717) is 45.3 Å². The van der Waals surface area contributed by atoms with Crippen molar-refractivity contribution in [3.8, 4) is 17.2 Å². The van der Waals surface area contributed by atoms with Crippen LogP contribution in [0.25, 0.3) is 0 Å². The number of methoxy groups -OCH3 is 1. The number of halogens is 3. The van der Waals surface area contributed by atoms with E-state index in [1.165, 1.54) is 19.4 Å². The van der Waals surface area contributed by atoms with Gasteiger partial charge in [-0.05, 0) is 71.1 Å². The first-order valence-corrected chi connectivity index (χ1v) is 13.0. The minimum atomic E-state index is -0.906. The number of hydrogen-bond acceptors (Lipinski definition) is 6. The van der Waals surface area contributed by atoms with Crippen LogP contribution in [0.2, 0.25) is 10.0 Å². The molecule has 0 fully saturated rings. The van der Waals surface area contributed by atoms with Gasteiger partial charge in [-0.25, -0.2) is 5.43 Å². The maximum absolute atomic E-state index is 12.9. The summed E-state index contributed by atoms with van der Waals surface area (Å²) in [5.74, 6) is 0.519. The third kappa shape index (κ3) is 9.57. The predicted molar refractivity (Wildman–Crippen MR) is 150 cm³/mol. The number of carbonyl (C=O) groups excluding carboxylic acids is 2. The second kappa shape index (κ2) is 14.9. The molecule has 2 aromatic rings. The maximum Gasteiger partial charge on any atom is 0.262 e. The van der Waals surface area contributed by atoms with E-state index < -0.39 is 24.0 Å². The van der Waals surface area contributed by atoms with Crippen molar-refractivity contribution in [3.05, 3.63) is 63.1 Å². The zero-order chi connectivity index (χ0) is 27.5. The Morgan fingerprint density at radius 1 is 1.14 bits per heavy atom. The fraction of sp³-hybridized carbons (Fsp3) is 0.346. The van der Waals surface area contributed by atoms with Crippen LogP contribution in [0.3, 0.4) is 0 Å². The fourth-order valence-electron chi connectivity index (χ4n) is 3.15. The van der Waals surface area contributed by atoms with E-state index in [1.54, 1.807) is 37.3 Å². The minimum absolute atomic E-state index is 0.130. The lowest BCUT2D eigenvalue weighted by Gasteiger charge is -2.22. The average Bonchev–Trinajstić information content (AvgIpc) is 2.83. The van der Waals surface area contributed by atoms with Crippen LogP contribution >= 0.6 is 39.1 Å². The number of rotatable bonds is 13. The first kappa shape index (κ1) is 30.5. The molecule has 8 nitrogen and oxygen atoms in total. The molecule has 0 spiro atoms. The van der Waals surface area contributed by atoms with Crippen LogP contribution in [-0.2, 0) is 9.59 Å². The van der Waals surface area contributed by atoms with Gasteiger partial charge in [0.15, 0.2) is 17.6 Å². The smallest absolute Gasteiger partial charge is 0.262 e. The standard InChI is InChI=1S/C26H30BrCl2N3O5/c1-6-9-36-24-19(27)11-17(12-23(24)35-5)14-30-32-26(34)21(10-15(2)3)31-25(33)16(4)37-22-8-7-18(28)13-20(22)29/h6-8,11-16,21H,1,9-10H2,2-5H3,(H,31,33)(H,32,34)/b30-14-/t16-,21-/m1/s1. The molecular weight excluding hydrogens is 585 g/mol. The Morgan fingerprint density at radius 2 is 1.86 bits per heavy atom. The van der Waals surface area contributed by atoms with Crippen LogP contribution in [0.4, 0.5) is 0 Å². The minimum Gasteiger partial charge on any atom is -0.493 e. The molecule has 11 heteroatoms. The van der Waals surface area contributed by atoms with E-state index in [2.05, 4.69) is 38.4 Å². The van der Waals surface area contributed by atoms with Crippen LogP contribution in [-0.4, -0.2) is 43.9 Å². The number of hydrazone groups is 1. The lowest BCUT2D eigenvalue weighted by Crippen LogP contribution is -2.49. The molecule has 2 atom stereocenters. The molecule has 0 aliphatic heterocycles. The normalized spacial score (nSPS) is 12.6. The van der Waals surface area contributed by atoms with Crippen LogP contribution in [0.15, 0.2) is 52.6 Å². The van der Waals surface area contributed by atoms with Crippen molar-refractivity contribution in [2.75, 3.05) is 13.7 Å². The second-order valence-corrected chi connectivity index (χ2v) is 10.1. The number of hydrogen-bond donors (Lipinski definition) is 2. The fourth-order valence-corrected chi connectivity index (χ4v) is 4.18. The summed E-state index contributed by atoms with van der Waals surface area (Å²) in [6, 6.07) is 7.36. The van der Waals surface area contributed by atoms with Gasteiger partial charge in [-0.2, -0.15) is 5.10 Å². The highest BCUT2D eigenvalue weighted by molar-refractivity contribution is 9.10. The molecule has 0 bridgehead atoms. The van der Waals surface area contributed by atoms with Crippen molar-refractivity contribution in [1.82, 2.24) is 10.7 Å². The Labute approximate surface area is 235 Å². The molecule has 0 aromatic heterocycles. The van der Waals surface area contributed by atoms with Gasteiger partial charge >= 0.3 is 0 Å². The van der Waals surface area contributed by atoms with Gasteiger partial charge in [0.05, 0.1) is 22.8 Å². The lowest BCUT2D eigenvalue weighted by atomic mass is 10.0. The number of ether oxygens (including phenoxy) is 3. The van der Waals surface area contributed by atoms with Crippen molar-refractivity contribution in [3.63, 3.8) is 0 Å². The van der Waals surface area contributed by atoms with E-state index in [4.69, 9.17) is 37.4 Å². The molecule has 2 rings (SSSR count). The first-order chi connectivity index (χ1) is 17.5. The highest BCUT2D eigenvalue weighted by atomic mass is 79.9. The van der Waals surface area contributed by atoms with Gasteiger partial charge < -0.3 is 19.5 Å². The summed E-state index contributed by atoms with van der Waals surface area (Å²) in [7, 11) is 1.52. The molecule has 0 aliphatic rings. The van der Waals surface area contributed by atoms with E-state index in [9.17, 15) is 9.59 Å². The van der Waals surface area contributed by atoms with Crippen molar-refractivity contribution >= 4 is 57.2 Å². The van der Waals surface area contributed by atoms with Crippen molar-refractivity contribution in [2.24, 2.45) is 11.0 Å². The average molecular weight is 615 g/mol. The number of benzene rings is 2. The van der Waals surface area contributed by atoms with E-state index in [0.717, 1.165) is 0 Å². The summed E-state index contributed by atoms with van der Waals surface area (Å²) >= 11 is 15.5.